The number of fused-ring (bicyclic) bond motifs is 1. The van der Waals surface area contributed by atoms with Crippen molar-refractivity contribution < 1.29 is 19.4 Å². The van der Waals surface area contributed by atoms with Crippen LogP contribution < -0.4 is 10.6 Å². The first-order valence-electron chi connectivity index (χ1n) is 13.8. The van der Waals surface area contributed by atoms with Crippen molar-refractivity contribution in [3.63, 3.8) is 0 Å². The Morgan fingerprint density at radius 1 is 0.897 bits per heavy atom. The molecule has 0 heterocycles. The molecule has 0 bridgehead atoms. The van der Waals surface area contributed by atoms with Crippen LogP contribution in [0.15, 0.2) is 84.9 Å². The first-order valence-corrected chi connectivity index (χ1v) is 13.8. The van der Waals surface area contributed by atoms with E-state index >= 15 is 0 Å². The molecule has 4 rings (SSSR count). The van der Waals surface area contributed by atoms with Gasteiger partial charge in [-0.25, -0.2) is 4.79 Å². The van der Waals surface area contributed by atoms with E-state index in [4.69, 9.17) is 4.74 Å². The summed E-state index contributed by atoms with van der Waals surface area (Å²) in [4.78, 5) is 26.4. The van der Waals surface area contributed by atoms with Gasteiger partial charge in [-0.05, 0) is 75.1 Å². The molecule has 0 saturated heterocycles. The van der Waals surface area contributed by atoms with E-state index in [9.17, 15) is 14.7 Å². The molecule has 0 spiro atoms. The molecule has 0 saturated carbocycles. The van der Waals surface area contributed by atoms with E-state index in [1.165, 1.54) is 11.1 Å². The van der Waals surface area contributed by atoms with Gasteiger partial charge in [-0.15, -0.1) is 0 Å². The minimum Gasteiger partial charge on any atom is -0.444 e. The number of aliphatic hydroxyl groups excluding tert-OH is 1. The number of hydrogen-bond acceptors (Lipinski definition) is 4. The average molecular weight is 529 g/mol. The predicted molar refractivity (Wildman–Crippen MR) is 153 cm³/mol. The lowest BCUT2D eigenvalue weighted by Crippen LogP contribution is -2.48. The van der Waals surface area contributed by atoms with E-state index < -0.39 is 29.8 Å². The highest BCUT2D eigenvalue weighted by atomic mass is 16.6. The van der Waals surface area contributed by atoms with E-state index in [0.29, 0.717) is 12.8 Å². The number of benzene rings is 3. The van der Waals surface area contributed by atoms with Crippen molar-refractivity contribution in [1.82, 2.24) is 10.6 Å². The molecule has 1 aliphatic carbocycles. The summed E-state index contributed by atoms with van der Waals surface area (Å²) in [7, 11) is 0. The summed E-state index contributed by atoms with van der Waals surface area (Å²) in [5, 5.41) is 17.6. The molecule has 3 aromatic rings. The van der Waals surface area contributed by atoms with Crippen LogP contribution in [0.3, 0.4) is 0 Å². The van der Waals surface area contributed by atoms with Gasteiger partial charge in [-0.1, -0.05) is 84.9 Å². The van der Waals surface area contributed by atoms with Crippen LogP contribution in [0.4, 0.5) is 4.79 Å². The van der Waals surface area contributed by atoms with Crippen LogP contribution >= 0.6 is 0 Å². The van der Waals surface area contributed by atoms with Crippen molar-refractivity contribution in [2.45, 2.75) is 76.7 Å². The molecule has 0 unspecified atom stereocenters. The number of alkyl carbamates (subject to hydrolysis) is 1. The molecular formula is C33H40N2O4. The van der Waals surface area contributed by atoms with Crippen LogP contribution in [0.2, 0.25) is 0 Å². The number of carbonyl (C=O) groups excluding carboxylic acids is 2. The van der Waals surface area contributed by atoms with Crippen molar-refractivity contribution in [2.24, 2.45) is 5.92 Å². The lowest BCUT2D eigenvalue weighted by Gasteiger charge is -2.29. The Morgan fingerprint density at radius 2 is 1.49 bits per heavy atom. The van der Waals surface area contributed by atoms with Crippen molar-refractivity contribution in [3.8, 4) is 0 Å². The van der Waals surface area contributed by atoms with E-state index in [0.717, 1.165) is 24.0 Å². The summed E-state index contributed by atoms with van der Waals surface area (Å²) in [5.41, 5.74) is 3.77. The largest absolute Gasteiger partial charge is 0.444 e. The van der Waals surface area contributed by atoms with Gasteiger partial charge >= 0.3 is 6.09 Å². The Hall–Kier alpha value is -3.64. The van der Waals surface area contributed by atoms with E-state index in [2.05, 4.69) is 22.8 Å². The number of aliphatic hydroxyl groups is 1. The first-order chi connectivity index (χ1) is 18.7. The molecule has 39 heavy (non-hydrogen) atoms. The third-order valence-corrected chi connectivity index (χ3v) is 7.14. The third kappa shape index (κ3) is 8.42. The number of amides is 2. The summed E-state index contributed by atoms with van der Waals surface area (Å²) < 4.78 is 5.49. The highest BCUT2D eigenvalue weighted by molar-refractivity contribution is 5.79. The molecule has 1 aliphatic rings. The van der Waals surface area contributed by atoms with Crippen molar-refractivity contribution in [1.29, 1.82) is 0 Å². The molecule has 2 amide bonds. The second-order valence-corrected chi connectivity index (χ2v) is 11.4. The molecule has 3 aromatic carbocycles. The second kappa shape index (κ2) is 12.9. The Bertz CT molecular complexity index is 1220. The highest BCUT2D eigenvalue weighted by Gasteiger charge is 2.32. The molecule has 206 valence electrons. The van der Waals surface area contributed by atoms with Gasteiger partial charge in [0.05, 0.1) is 18.2 Å². The molecule has 4 atom stereocenters. The number of ether oxygens (including phenoxy) is 1. The Morgan fingerprint density at radius 3 is 2.13 bits per heavy atom. The van der Waals surface area contributed by atoms with Gasteiger partial charge in [0, 0.05) is 5.92 Å². The molecule has 0 radical (unpaired) electrons. The number of hydrogen-bond donors (Lipinski definition) is 3. The zero-order valence-corrected chi connectivity index (χ0v) is 23.1. The minimum absolute atomic E-state index is 0.0379. The van der Waals surface area contributed by atoms with Crippen LogP contribution in [0, 0.1) is 5.92 Å². The van der Waals surface area contributed by atoms with Gasteiger partial charge in [-0.2, -0.15) is 0 Å². The zero-order chi connectivity index (χ0) is 27.8. The molecule has 0 aliphatic heterocycles. The third-order valence-electron chi connectivity index (χ3n) is 7.14. The number of rotatable bonds is 10. The second-order valence-electron chi connectivity index (χ2n) is 11.4. The van der Waals surface area contributed by atoms with E-state index in [-0.39, 0.29) is 18.4 Å². The Labute approximate surface area is 231 Å². The van der Waals surface area contributed by atoms with Gasteiger partial charge in [0.1, 0.15) is 5.60 Å². The standard InChI is InChI=1S/C33H40N2O4/c1-33(2,3)39-32(38)35-29(21-24-14-8-5-9-15-24)30(36)22-26(20-23-12-6-4-7-13-23)31(37)34-28-19-18-25-16-10-11-17-27(25)28/h4-17,26,28-30,36H,18-22H2,1-3H3,(H,34,37)(H,35,38)/t26-,28+,29-,30-/m0/s1. The van der Waals surface area contributed by atoms with Gasteiger partial charge in [0.25, 0.3) is 0 Å². The predicted octanol–water partition coefficient (Wildman–Crippen LogP) is 5.54. The average Bonchev–Trinajstić information content (AvgIpc) is 3.30. The maximum absolute atomic E-state index is 13.7. The van der Waals surface area contributed by atoms with Crippen LogP contribution in [0.5, 0.6) is 0 Å². The fourth-order valence-corrected chi connectivity index (χ4v) is 5.24. The molecule has 0 aromatic heterocycles. The van der Waals surface area contributed by atoms with Crippen molar-refractivity contribution in [3.05, 3.63) is 107 Å². The van der Waals surface area contributed by atoms with Gasteiger partial charge in [-0.3, -0.25) is 4.79 Å². The van der Waals surface area contributed by atoms with Gasteiger partial charge in [0.15, 0.2) is 0 Å². The van der Waals surface area contributed by atoms with E-state index in [1.807, 2.05) is 72.8 Å². The molecule has 6 heteroatoms. The summed E-state index contributed by atoms with van der Waals surface area (Å²) in [6, 6.07) is 27.1. The fourth-order valence-electron chi connectivity index (χ4n) is 5.24. The van der Waals surface area contributed by atoms with E-state index in [1.54, 1.807) is 20.8 Å². The van der Waals surface area contributed by atoms with Crippen LogP contribution in [0.25, 0.3) is 0 Å². The molecular weight excluding hydrogens is 488 g/mol. The maximum atomic E-state index is 13.7. The van der Waals surface area contributed by atoms with Gasteiger partial charge < -0.3 is 20.5 Å². The lowest BCUT2D eigenvalue weighted by molar-refractivity contribution is -0.127. The van der Waals surface area contributed by atoms with Gasteiger partial charge in [0.2, 0.25) is 5.91 Å². The topological polar surface area (TPSA) is 87.7 Å². The maximum Gasteiger partial charge on any atom is 0.407 e. The smallest absolute Gasteiger partial charge is 0.407 e. The van der Waals surface area contributed by atoms with Crippen molar-refractivity contribution in [2.75, 3.05) is 0 Å². The Kier molecular flexibility index (Phi) is 9.41. The minimum atomic E-state index is -0.965. The van der Waals surface area contributed by atoms with Crippen LogP contribution in [-0.4, -0.2) is 34.9 Å². The summed E-state index contributed by atoms with van der Waals surface area (Å²) >= 11 is 0. The molecule has 0 fully saturated rings. The number of carbonyl (C=O) groups is 2. The summed E-state index contributed by atoms with van der Waals surface area (Å²) in [6.45, 7) is 5.41. The quantitative estimate of drug-likeness (QED) is 0.323. The lowest BCUT2D eigenvalue weighted by atomic mass is 9.88. The fraction of sp³-hybridized carbons (Fsp3) is 0.394. The SMILES string of the molecule is CC(C)(C)OC(=O)N[C@@H](Cc1ccccc1)[C@@H](O)C[C@H](Cc1ccccc1)C(=O)N[C@@H]1CCc2ccccc21. The summed E-state index contributed by atoms with van der Waals surface area (Å²) in [6.07, 6.45) is 1.35. The Balaban J connectivity index is 1.52. The molecule has 3 N–H and O–H groups in total. The van der Waals surface area contributed by atoms with Crippen molar-refractivity contribution >= 4 is 12.0 Å². The molecule has 6 nitrogen and oxygen atoms in total. The van der Waals surface area contributed by atoms with Crippen LogP contribution in [-0.2, 0) is 28.8 Å². The highest BCUT2D eigenvalue weighted by Crippen LogP contribution is 2.31. The summed E-state index contributed by atoms with van der Waals surface area (Å²) in [5.74, 6) is -0.566. The van der Waals surface area contributed by atoms with Crippen LogP contribution in [0.1, 0.15) is 61.9 Å². The number of aryl methyl sites for hydroxylation is 1. The normalized spacial score (nSPS) is 17.0. The first kappa shape index (κ1) is 28.4. The zero-order valence-electron chi connectivity index (χ0n) is 23.1. The number of nitrogens with one attached hydrogen (secondary N) is 2. The monoisotopic (exact) mass is 528 g/mol.